The number of aliphatic carboxylic acids is 1. The third-order valence-corrected chi connectivity index (χ3v) is 23.3. The summed E-state index contributed by atoms with van der Waals surface area (Å²) in [5.74, 6) is 10.3. The van der Waals surface area contributed by atoms with Crippen molar-refractivity contribution in [1.29, 1.82) is 0 Å². The molecule has 6 fully saturated rings. The minimum absolute atomic E-state index is 0.141. The van der Waals surface area contributed by atoms with Crippen molar-refractivity contribution in [3.05, 3.63) is 23.3 Å². The first-order valence-corrected chi connectivity index (χ1v) is 31.5. The molecule has 16 atom stereocenters. The molecule has 8 aliphatic rings. The fourth-order valence-electron chi connectivity index (χ4n) is 19.0. The van der Waals surface area contributed by atoms with Gasteiger partial charge in [0, 0.05) is 12.5 Å². The fraction of sp³-hybridized carbons (Fsp3) is 0.909. The van der Waals surface area contributed by atoms with Gasteiger partial charge >= 0.3 is 5.97 Å². The summed E-state index contributed by atoms with van der Waals surface area (Å²) in [6.45, 7) is 31.4. The highest BCUT2D eigenvalue weighted by Crippen LogP contribution is 2.69. The standard InChI is InChI=1S/C33H57NO.C28H46O2.C5H13N/c1-7-8-9-21-34-31(35)25-17-19-32(5)26(22-25)13-14-27-29-16-15-28(24(4)12-10-11-23(2)3)33(29,6)20-18-30(27)32;1-18(2)7-6-8-19(3)23-11-12-24-22-10-9-21-17-20(26(29)30)13-15-27(21,4)25(22)14-16-28(23,24)5;1-2-3-4-5-6/h13,23-25,27-30H,7-12,14-22H2,1-6H3,(H,34,35);9,18-20,22-25H,6-8,10-17H2,1-5H3,(H,29,30);2-6H2,1H3/p+1. The number of amides is 1. The minimum atomic E-state index is -0.582. The summed E-state index contributed by atoms with van der Waals surface area (Å²) in [5, 5.41) is 12.8. The van der Waals surface area contributed by atoms with E-state index in [0.717, 1.165) is 123 Å². The summed E-state index contributed by atoms with van der Waals surface area (Å²) in [5.41, 5.74) is 8.61. The molecule has 71 heavy (non-hydrogen) atoms. The predicted octanol–water partition coefficient (Wildman–Crippen LogP) is 17.1. The van der Waals surface area contributed by atoms with E-state index in [1.807, 2.05) is 0 Å². The molecule has 0 bridgehead atoms. The molecule has 5 N–H and O–H groups in total. The number of carbonyl (C=O) groups is 2. The topological polar surface area (TPSA) is 94.0 Å². The highest BCUT2D eigenvalue weighted by Gasteiger charge is 2.61. The van der Waals surface area contributed by atoms with Crippen LogP contribution in [0.5, 0.6) is 0 Å². The Labute approximate surface area is 439 Å². The average molecular weight is 987 g/mol. The van der Waals surface area contributed by atoms with Gasteiger partial charge in [0.1, 0.15) is 0 Å². The summed E-state index contributed by atoms with van der Waals surface area (Å²) < 4.78 is 0. The van der Waals surface area contributed by atoms with Crippen LogP contribution in [0.15, 0.2) is 23.3 Å². The van der Waals surface area contributed by atoms with Crippen LogP contribution in [0, 0.1) is 105 Å². The predicted molar refractivity (Wildman–Crippen MR) is 301 cm³/mol. The quantitative estimate of drug-likeness (QED) is 0.0889. The van der Waals surface area contributed by atoms with Gasteiger partial charge in [0.05, 0.1) is 12.5 Å². The molecule has 6 saturated carbocycles. The average Bonchev–Trinajstić information content (AvgIpc) is 3.88. The van der Waals surface area contributed by atoms with E-state index in [1.165, 1.54) is 147 Å². The largest absolute Gasteiger partial charge is 0.481 e. The number of fused-ring (bicyclic) bond motifs is 10. The first-order valence-electron chi connectivity index (χ1n) is 31.5. The first-order chi connectivity index (χ1) is 33.8. The molecule has 0 heterocycles. The van der Waals surface area contributed by atoms with E-state index in [9.17, 15) is 14.7 Å². The van der Waals surface area contributed by atoms with E-state index < -0.39 is 5.97 Å². The van der Waals surface area contributed by atoms with Crippen molar-refractivity contribution in [3.63, 3.8) is 0 Å². The van der Waals surface area contributed by atoms with Crippen molar-refractivity contribution in [2.45, 2.75) is 263 Å². The number of nitrogens with one attached hydrogen (secondary N) is 1. The monoisotopic (exact) mass is 986 g/mol. The van der Waals surface area contributed by atoms with E-state index >= 15 is 0 Å². The Morgan fingerprint density at radius 2 is 1.03 bits per heavy atom. The normalized spacial score (nSPS) is 38.8. The first kappa shape index (κ1) is 58.6. The number of hydrogen-bond donors (Lipinski definition) is 3. The molecule has 0 aromatic rings. The highest BCUT2D eigenvalue weighted by molar-refractivity contribution is 5.79. The number of carbonyl (C=O) groups excluding carboxylic acids is 1. The molecule has 1 amide bonds. The Kier molecular flexibility index (Phi) is 21.4. The number of hydrogen-bond acceptors (Lipinski definition) is 2. The molecule has 0 aliphatic heterocycles. The van der Waals surface area contributed by atoms with E-state index in [-0.39, 0.29) is 17.3 Å². The number of rotatable bonds is 19. The third-order valence-electron chi connectivity index (χ3n) is 23.3. The second-order valence-electron chi connectivity index (χ2n) is 28.4. The van der Waals surface area contributed by atoms with Crippen molar-refractivity contribution in [1.82, 2.24) is 5.32 Å². The minimum Gasteiger partial charge on any atom is -0.481 e. The summed E-state index contributed by atoms with van der Waals surface area (Å²) in [4.78, 5) is 24.5. The third kappa shape index (κ3) is 13.1. The van der Waals surface area contributed by atoms with Crippen molar-refractivity contribution < 1.29 is 20.4 Å². The van der Waals surface area contributed by atoms with Gasteiger partial charge in [-0.15, -0.1) is 0 Å². The Balaban J connectivity index is 0.000000210. The number of carboxylic acids is 1. The van der Waals surface area contributed by atoms with Crippen LogP contribution in [0.4, 0.5) is 0 Å². The molecule has 8 rings (SSSR count). The van der Waals surface area contributed by atoms with Gasteiger partial charge in [0.25, 0.3) is 0 Å². The second-order valence-corrected chi connectivity index (χ2v) is 28.4. The highest BCUT2D eigenvalue weighted by atomic mass is 16.4. The Bertz CT molecular complexity index is 1740. The SMILES string of the molecule is CC(C)CCCC(C)C1CCC2C3CC=C4CC(C(=O)O)CCC4(C)C3CCC12C.CCCCCNC(=O)C1CCC2(C)C(=CCC3C2CCC2(C)C(C(C)CCCC(C)C)CCC32)C1.CCCCC[NH3+]. The second kappa shape index (κ2) is 25.9. The lowest BCUT2D eigenvalue weighted by Crippen LogP contribution is -2.51. The van der Waals surface area contributed by atoms with Crippen molar-refractivity contribution in [2.24, 2.45) is 105 Å². The molecule has 16 unspecified atom stereocenters. The van der Waals surface area contributed by atoms with Gasteiger partial charge in [-0.1, -0.05) is 164 Å². The van der Waals surface area contributed by atoms with E-state index in [1.54, 1.807) is 5.57 Å². The Morgan fingerprint density at radius 3 is 1.45 bits per heavy atom. The van der Waals surface area contributed by atoms with E-state index in [4.69, 9.17) is 0 Å². The summed E-state index contributed by atoms with van der Waals surface area (Å²) in [7, 11) is 0. The van der Waals surface area contributed by atoms with Gasteiger partial charge in [-0.05, 0) is 215 Å². The summed E-state index contributed by atoms with van der Waals surface area (Å²) in [6, 6.07) is 0. The van der Waals surface area contributed by atoms with E-state index in [2.05, 4.69) is 106 Å². The van der Waals surface area contributed by atoms with Crippen LogP contribution in [-0.2, 0) is 9.59 Å². The molecule has 8 aliphatic carbocycles. The molecule has 0 spiro atoms. The molecular formula is C66H117N2O3+. The van der Waals surface area contributed by atoms with Gasteiger partial charge in [-0.25, -0.2) is 0 Å². The van der Waals surface area contributed by atoms with Crippen LogP contribution in [0.3, 0.4) is 0 Å². The van der Waals surface area contributed by atoms with Gasteiger partial charge in [0.2, 0.25) is 5.91 Å². The van der Waals surface area contributed by atoms with Crippen molar-refractivity contribution in [3.8, 4) is 0 Å². The van der Waals surface area contributed by atoms with Crippen LogP contribution in [0.1, 0.15) is 263 Å². The zero-order valence-electron chi connectivity index (χ0n) is 48.9. The molecule has 5 heteroatoms. The Morgan fingerprint density at radius 1 is 0.577 bits per heavy atom. The van der Waals surface area contributed by atoms with E-state index in [0.29, 0.717) is 22.2 Å². The number of carboxylic acid groups (broad SMARTS) is 1. The molecular weight excluding hydrogens is 869 g/mol. The maximum atomic E-state index is 12.9. The van der Waals surface area contributed by atoms with Crippen LogP contribution in [0.25, 0.3) is 0 Å². The Hall–Kier alpha value is -1.62. The van der Waals surface area contributed by atoms with Crippen molar-refractivity contribution in [2.75, 3.05) is 13.1 Å². The molecule has 0 aromatic heterocycles. The molecule has 0 aromatic carbocycles. The van der Waals surface area contributed by atoms with Crippen LogP contribution in [0.2, 0.25) is 0 Å². The number of quaternary nitrogens is 1. The van der Waals surface area contributed by atoms with Crippen LogP contribution >= 0.6 is 0 Å². The summed E-state index contributed by atoms with van der Waals surface area (Å²) in [6.07, 6.45) is 41.2. The molecule has 408 valence electrons. The molecule has 0 radical (unpaired) electrons. The molecule has 0 saturated heterocycles. The zero-order chi connectivity index (χ0) is 51.7. The van der Waals surface area contributed by atoms with Crippen LogP contribution in [-0.4, -0.2) is 30.1 Å². The maximum absolute atomic E-state index is 12.9. The fourth-order valence-corrected chi connectivity index (χ4v) is 19.0. The number of unbranched alkanes of at least 4 members (excludes halogenated alkanes) is 4. The van der Waals surface area contributed by atoms with Gasteiger partial charge in [-0.2, -0.15) is 0 Å². The maximum Gasteiger partial charge on any atom is 0.306 e. The number of allylic oxidation sites excluding steroid dienone is 4. The van der Waals surface area contributed by atoms with Gasteiger partial charge in [0.15, 0.2) is 0 Å². The van der Waals surface area contributed by atoms with Gasteiger partial charge < -0.3 is 16.2 Å². The lowest BCUT2D eigenvalue weighted by atomic mass is 9.46. The summed E-state index contributed by atoms with van der Waals surface area (Å²) >= 11 is 0. The van der Waals surface area contributed by atoms with Gasteiger partial charge in [-0.3, -0.25) is 9.59 Å². The smallest absolute Gasteiger partial charge is 0.306 e. The lowest BCUT2D eigenvalue weighted by Gasteiger charge is -2.58. The van der Waals surface area contributed by atoms with Crippen LogP contribution < -0.4 is 11.1 Å². The lowest BCUT2D eigenvalue weighted by molar-refractivity contribution is -0.368. The zero-order valence-corrected chi connectivity index (χ0v) is 48.9. The van der Waals surface area contributed by atoms with Crippen molar-refractivity contribution >= 4 is 11.9 Å². The molecule has 5 nitrogen and oxygen atoms in total.